The zero-order chi connectivity index (χ0) is 14.0. The van der Waals surface area contributed by atoms with Crippen LogP contribution in [0.15, 0.2) is 18.3 Å². The molecule has 0 aliphatic heterocycles. The van der Waals surface area contributed by atoms with Crippen LogP contribution in [-0.2, 0) is 13.6 Å². The van der Waals surface area contributed by atoms with Crippen molar-refractivity contribution in [2.75, 3.05) is 0 Å². The zero-order valence-corrected chi connectivity index (χ0v) is 12.6. The van der Waals surface area contributed by atoms with E-state index in [4.69, 9.17) is 5.26 Å². The number of nitrogens with zero attached hydrogens (tertiary/aromatic N) is 2. The van der Waals surface area contributed by atoms with E-state index in [1.807, 2.05) is 35.2 Å². The molecule has 2 heterocycles. The van der Waals surface area contributed by atoms with Crippen molar-refractivity contribution in [2.45, 2.75) is 33.4 Å². The number of nitrogens with one attached hydrogen (secondary N) is 1. The molecule has 0 saturated carbocycles. The summed E-state index contributed by atoms with van der Waals surface area (Å²) >= 11 is 1.84. The molecule has 100 valence electrons. The predicted octanol–water partition coefficient (Wildman–Crippen LogP) is 3.43. The number of hydrogen-bond acceptors (Lipinski definition) is 3. The summed E-state index contributed by atoms with van der Waals surface area (Å²) in [5.41, 5.74) is 3.22. The van der Waals surface area contributed by atoms with E-state index in [1.54, 1.807) is 0 Å². The Morgan fingerprint density at radius 1 is 1.42 bits per heavy atom. The van der Waals surface area contributed by atoms with E-state index >= 15 is 0 Å². The molecule has 1 atom stereocenters. The SMILES string of the molecule is Cc1cc(C(C)NCc2cc(C#N)n(C)c2)c(C)s1. The standard InChI is InChI=1S/C15H19N3S/c1-10-5-15(12(3)19-10)11(2)17-8-13-6-14(7-16)18(4)9-13/h5-6,9,11,17H,8H2,1-4H3. The largest absolute Gasteiger partial charge is 0.342 e. The lowest BCUT2D eigenvalue weighted by Gasteiger charge is -2.13. The van der Waals surface area contributed by atoms with Crippen molar-refractivity contribution >= 4 is 11.3 Å². The minimum atomic E-state index is 0.329. The second-order valence-electron chi connectivity index (χ2n) is 4.93. The van der Waals surface area contributed by atoms with Crippen molar-refractivity contribution in [3.05, 3.63) is 44.9 Å². The van der Waals surface area contributed by atoms with Gasteiger partial charge in [-0.3, -0.25) is 0 Å². The molecular weight excluding hydrogens is 254 g/mol. The Labute approximate surface area is 118 Å². The Balaban J connectivity index is 2.02. The molecule has 0 radical (unpaired) electrons. The van der Waals surface area contributed by atoms with Gasteiger partial charge in [0.15, 0.2) is 0 Å². The van der Waals surface area contributed by atoms with Crippen LogP contribution >= 0.6 is 11.3 Å². The van der Waals surface area contributed by atoms with Crippen LogP contribution in [0.25, 0.3) is 0 Å². The fourth-order valence-electron chi connectivity index (χ4n) is 2.30. The van der Waals surface area contributed by atoms with Gasteiger partial charge in [-0.15, -0.1) is 11.3 Å². The van der Waals surface area contributed by atoms with Gasteiger partial charge < -0.3 is 9.88 Å². The average molecular weight is 273 g/mol. The summed E-state index contributed by atoms with van der Waals surface area (Å²) in [5.74, 6) is 0. The number of nitriles is 1. The molecule has 0 spiro atoms. The first kappa shape index (κ1) is 13.9. The molecular formula is C15H19N3S. The molecule has 1 unspecified atom stereocenters. The molecule has 1 N–H and O–H groups in total. The van der Waals surface area contributed by atoms with Crippen LogP contribution in [0, 0.1) is 25.2 Å². The lowest BCUT2D eigenvalue weighted by Crippen LogP contribution is -2.17. The first-order valence-corrected chi connectivity index (χ1v) is 7.18. The molecule has 0 saturated heterocycles. The Bertz CT molecular complexity index is 616. The highest BCUT2D eigenvalue weighted by Gasteiger charge is 2.11. The normalized spacial score (nSPS) is 12.4. The third-order valence-electron chi connectivity index (χ3n) is 3.33. The smallest absolute Gasteiger partial charge is 0.120 e. The molecule has 2 aromatic rings. The number of rotatable bonds is 4. The molecule has 0 aromatic carbocycles. The number of aryl methyl sites for hydroxylation is 3. The topological polar surface area (TPSA) is 40.8 Å². The highest BCUT2D eigenvalue weighted by Crippen LogP contribution is 2.26. The van der Waals surface area contributed by atoms with Crippen molar-refractivity contribution in [3.63, 3.8) is 0 Å². The van der Waals surface area contributed by atoms with E-state index < -0.39 is 0 Å². The van der Waals surface area contributed by atoms with Gasteiger partial charge in [0.05, 0.1) is 0 Å². The van der Waals surface area contributed by atoms with Crippen LogP contribution in [0.3, 0.4) is 0 Å². The minimum absolute atomic E-state index is 0.329. The van der Waals surface area contributed by atoms with E-state index in [-0.39, 0.29) is 0 Å². The third-order valence-corrected chi connectivity index (χ3v) is 4.32. The van der Waals surface area contributed by atoms with E-state index in [0.29, 0.717) is 11.7 Å². The van der Waals surface area contributed by atoms with Gasteiger partial charge in [-0.2, -0.15) is 5.26 Å². The molecule has 3 nitrogen and oxygen atoms in total. The Hall–Kier alpha value is -1.57. The van der Waals surface area contributed by atoms with E-state index in [2.05, 4.69) is 38.2 Å². The number of hydrogen-bond donors (Lipinski definition) is 1. The lowest BCUT2D eigenvalue weighted by atomic mass is 10.1. The average Bonchev–Trinajstić information content (AvgIpc) is 2.89. The van der Waals surface area contributed by atoms with Crippen molar-refractivity contribution < 1.29 is 0 Å². The first-order chi connectivity index (χ1) is 9.01. The summed E-state index contributed by atoms with van der Waals surface area (Å²) in [6, 6.07) is 6.70. The van der Waals surface area contributed by atoms with Gasteiger partial charge in [-0.25, -0.2) is 0 Å². The van der Waals surface area contributed by atoms with Crippen LogP contribution < -0.4 is 5.32 Å². The highest BCUT2D eigenvalue weighted by atomic mass is 32.1. The first-order valence-electron chi connectivity index (χ1n) is 6.37. The van der Waals surface area contributed by atoms with Gasteiger partial charge in [-0.05, 0) is 44.0 Å². The number of aromatic nitrogens is 1. The Morgan fingerprint density at radius 3 is 2.68 bits per heavy atom. The quantitative estimate of drug-likeness (QED) is 0.927. The summed E-state index contributed by atoms with van der Waals surface area (Å²) in [7, 11) is 1.90. The molecule has 2 aromatic heterocycles. The molecule has 19 heavy (non-hydrogen) atoms. The van der Waals surface area contributed by atoms with Crippen LogP contribution in [0.2, 0.25) is 0 Å². The van der Waals surface area contributed by atoms with Gasteiger partial charge >= 0.3 is 0 Å². The van der Waals surface area contributed by atoms with Crippen molar-refractivity contribution in [2.24, 2.45) is 7.05 Å². The van der Waals surface area contributed by atoms with E-state index in [0.717, 1.165) is 12.1 Å². The van der Waals surface area contributed by atoms with Gasteiger partial charge in [0.25, 0.3) is 0 Å². The van der Waals surface area contributed by atoms with Gasteiger partial charge in [-0.1, -0.05) is 0 Å². The maximum absolute atomic E-state index is 8.94. The van der Waals surface area contributed by atoms with Crippen LogP contribution in [0.5, 0.6) is 0 Å². The van der Waals surface area contributed by atoms with Crippen molar-refractivity contribution in [1.82, 2.24) is 9.88 Å². The van der Waals surface area contributed by atoms with Crippen LogP contribution in [0.4, 0.5) is 0 Å². The van der Waals surface area contributed by atoms with Gasteiger partial charge in [0.1, 0.15) is 11.8 Å². The Kier molecular flexibility index (Phi) is 4.08. The zero-order valence-electron chi connectivity index (χ0n) is 11.8. The fourth-order valence-corrected chi connectivity index (χ4v) is 3.32. The molecule has 4 heteroatoms. The minimum Gasteiger partial charge on any atom is -0.342 e. The second-order valence-corrected chi connectivity index (χ2v) is 6.39. The summed E-state index contributed by atoms with van der Waals surface area (Å²) in [4.78, 5) is 2.73. The van der Waals surface area contributed by atoms with Crippen molar-refractivity contribution in [3.8, 4) is 6.07 Å². The highest BCUT2D eigenvalue weighted by molar-refractivity contribution is 7.12. The van der Waals surface area contributed by atoms with E-state index in [9.17, 15) is 0 Å². The maximum atomic E-state index is 8.94. The van der Waals surface area contributed by atoms with Gasteiger partial charge in [0.2, 0.25) is 0 Å². The molecule has 0 aliphatic carbocycles. The predicted molar refractivity (Wildman–Crippen MR) is 79.2 cm³/mol. The summed E-state index contributed by atoms with van der Waals surface area (Å²) in [6.07, 6.45) is 2.00. The molecule has 0 fully saturated rings. The summed E-state index contributed by atoms with van der Waals surface area (Å²) < 4.78 is 1.86. The molecule has 0 bridgehead atoms. The molecule has 0 amide bonds. The Morgan fingerprint density at radius 2 is 2.16 bits per heavy atom. The maximum Gasteiger partial charge on any atom is 0.120 e. The van der Waals surface area contributed by atoms with Crippen LogP contribution in [0.1, 0.15) is 39.5 Å². The summed E-state index contributed by atoms with van der Waals surface area (Å²) in [5, 5.41) is 12.5. The lowest BCUT2D eigenvalue weighted by molar-refractivity contribution is 0.573. The molecule has 2 rings (SSSR count). The van der Waals surface area contributed by atoms with Crippen molar-refractivity contribution in [1.29, 1.82) is 5.26 Å². The second kappa shape index (κ2) is 5.60. The fraction of sp³-hybridized carbons (Fsp3) is 0.400. The van der Waals surface area contributed by atoms with Gasteiger partial charge in [0, 0.05) is 35.6 Å². The van der Waals surface area contributed by atoms with Crippen LogP contribution in [-0.4, -0.2) is 4.57 Å². The van der Waals surface area contributed by atoms with E-state index in [1.165, 1.54) is 15.3 Å². The molecule has 0 aliphatic rings. The summed E-state index contributed by atoms with van der Waals surface area (Å²) in [6.45, 7) is 7.28. The monoisotopic (exact) mass is 273 g/mol. The number of thiophene rings is 1. The third kappa shape index (κ3) is 3.06.